The molecular weight excluding hydrogens is 167 g/mol. The minimum atomic E-state index is -0.795. The molecule has 0 aromatic carbocycles. The highest BCUT2D eigenvalue weighted by Gasteiger charge is 2.48. The Hall–Kier alpha value is -0.120. The quantitative estimate of drug-likeness (QED) is 0.440. The summed E-state index contributed by atoms with van der Waals surface area (Å²) in [5.74, 6) is 0. The number of hydrogen-bond acceptors (Lipinski definition) is 3. The van der Waals surface area contributed by atoms with Gasteiger partial charge in [0.05, 0.1) is 0 Å². The molecule has 2 atom stereocenters. The third kappa shape index (κ3) is 1.41. The third-order valence-corrected chi connectivity index (χ3v) is 1.37. The molecule has 1 aliphatic heterocycles. The van der Waals surface area contributed by atoms with E-state index in [-0.39, 0.29) is 0 Å². The number of hydrogen-bond donors (Lipinski definition) is 0. The molecule has 1 unspecified atom stereocenters. The highest BCUT2D eigenvalue weighted by Crippen LogP contribution is 2.26. The summed E-state index contributed by atoms with van der Waals surface area (Å²) in [4.78, 5) is 20.3. The van der Waals surface area contributed by atoms with Gasteiger partial charge in [-0.15, -0.1) is 0 Å². The number of ether oxygens (including phenoxy) is 1. The molecule has 0 aromatic rings. The number of halogens is 2. The summed E-state index contributed by atoms with van der Waals surface area (Å²) in [7, 11) is 0. The second-order valence-corrected chi connectivity index (χ2v) is 2.33. The van der Waals surface area contributed by atoms with Crippen LogP contribution in [0.1, 0.15) is 0 Å². The highest BCUT2D eigenvalue weighted by molar-refractivity contribution is 6.68. The second-order valence-electron chi connectivity index (χ2n) is 1.59. The van der Waals surface area contributed by atoms with E-state index in [1.165, 1.54) is 0 Å². The summed E-state index contributed by atoms with van der Waals surface area (Å²) in [6.07, 6.45) is -1.59. The minimum Gasteiger partial charge on any atom is -0.350 e. The number of epoxide rings is 1. The predicted octanol–water partition coefficient (Wildman–Crippen LogP) is 0.285. The first-order valence-corrected chi connectivity index (χ1v) is 2.92. The number of carbonyl (C=O) groups excluding carboxylic acids is 2. The van der Waals surface area contributed by atoms with Crippen molar-refractivity contribution in [2.45, 2.75) is 12.2 Å². The lowest BCUT2D eigenvalue weighted by Crippen LogP contribution is -2.06. The highest BCUT2D eigenvalue weighted by atomic mass is 35.5. The molecule has 3 nitrogen and oxygen atoms in total. The maximum atomic E-state index is 10.2. The molecule has 0 amide bonds. The monoisotopic (exact) mass is 168 g/mol. The van der Waals surface area contributed by atoms with Gasteiger partial charge in [-0.3, -0.25) is 9.59 Å². The lowest BCUT2D eigenvalue weighted by molar-refractivity contribution is -0.114. The van der Waals surface area contributed by atoms with E-state index in [1.54, 1.807) is 0 Å². The summed E-state index contributed by atoms with van der Waals surface area (Å²) >= 11 is 9.88. The van der Waals surface area contributed by atoms with Crippen LogP contribution in [0.5, 0.6) is 0 Å². The molecule has 0 saturated carbocycles. The first kappa shape index (κ1) is 6.99. The van der Waals surface area contributed by atoms with Crippen LogP contribution in [-0.4, -0.2) is 22.7 Å². The van der Waals surface area contributed by atoms with Crippen molar-refractivity contribution in [3.05, 3.63) is 0 Å². The van der Waals surface area contributed by atoms with Crippen LogP contribution in [0.2, 0.25) is 0 Å². The summed E-state index contributed by atoms with van der Waals surface area (Å²) in [5.41, 5.74) is 0. The molecule has 0 spiro atoms. The van der Waals surface area contributed by atoms with Gasteiger partial charge < -0.3 is 4.74 Å². The Bertz CT molecular complexity index is 149. The van der Waals surface area contributed by atoms with Gasteiger partial charge in [-0.25, -0.2) is 0 Å². The molecule has 0 aliphatic carbocycles. The van der Waals surface area contributed by atoms with Crippen molar-refractivity contribution in [1.29, 1.82) is 0 Å². The van der Waals surface area contributed by atoms with E-state index in [9.17, 15) is 9.59 Å². The van der Waals surface area contributed by atoms with Gasteiger partial charge in [0, 0.05) is 0 Å². The first-order chi connectivity index (χ1) is 4.13. The van der Waals surface area contributed by atoms with Crippen LogP contribution in [0, 0.1) is 0 Å². The Balaban J connectivity index is 2.42. The lowest BCUT2D eigenvalue weighted by Gasteiger charge is -1.75. The second kappa shape index (κ2) is 2.25. The average Bonchev–Trinajstić information content (AvgIpc) is 2.39. The van der Waals surface area contributed by atoms with Gasteiger partial charge in [-0.05, 0) is 23.2 Å². The van der Waals surface area contributed by atoms with E-state index in [2.05, 4.69) is 4.74 Å². The molecule has 1 aliphatic rings. The molecule has 5 heteroatoms. The van der Waals surface area contributed by atoms with Crippen molar-refractivity contribution in [3.63, 3.8) is 0 Å². The van der Waals surface area contributed by atoms with Gasteiger partial charge in [0.25, 0.3) is 10.5 Å². The summed E-state index contributed by atoms with van der Waals surface area (Å²) < 4.78 is 4.48. The smallest absolute Gasteiger partial charge is 0.253 e. The van der Waals surface area contributed by atoms with E-state index >= 15 is 0 Å². The van der Waals surface area contributed by atoms with E-state index in [0.717, 1.165) is 0 Å². The zero-order valence-electron chi connectivity index (χ0n) is 4.14. The average molecular weight is 169 g/mol. The Morgan fingerprint density at radius 3 is 1.56 bits per heavy atom. The normalized spacial score (nSPS) is 31.8. The zero-order chi connectivity index (χ0) is 7.02. The zero-order valence-corrected chi connectivity index (χ0v) is 5.65. The van der Waals surface area contributed by atoms with E-state index < -0.39 is 22.7 Å². The fraction of sp³-hybridized carbons (Fsp3) is 0.500. The molecule has 1 rings (SSSR count). The van der Waals surface area contributed by atoms with Gasteiger partial charge in [-0.1, -0.05) is 0 Å². The fourth-order valence-electron chi connectivity index (χ4n) is 0.458. The van der Waals surface area contributed by atoms with Crippen LogP contribution in [0.25, 0.3) is 0 Å². The van der Waals surface area contributed by atoms with Crippen LogP contribution in [-0.2, 0) is 14.3 Å². The van der Waals surface area contributed by atoms with Crippen LogP contribution in [0.4, 0.5) is 0 Å². The van der Waals surface area contributed by atoms with Crippen molar-refractivity contribution in [3.8, 4) is 0 Å². The summed E-state index contributed by atoms with van der Waals surface area (Å²) in [6, 6.07) is 0. The largest absolute Gasteiger partial charge is 0.350 e. The Morgan fingerprint density at radius 2 is 1.44 bits per heavy atom. The van der Waals surface area contributed by atoms with Gasteiger partial charge in [-0.2, -0.15) is 0 Å². The lowest BCUT2D eigenvalue weighted by atomic mass is 10.4. The van der Waals surface area contributed by atoms with Crippen LogP contribution in [0.15, 0.2) is 0 Å². The van der Waals surface area contributed by atoms with Crippen molar-refractivity contribution in [2.75, 3.05) is 0 Å². The SMILES string of the molecule is O=C(Cl)C1O[C@@H]1C(=O)Cl. The van der Waals surface area contributed by atoms with Crippen molar-refractivity contribution >= 4 is 33.7 Å². The number of carbonyl (C=O) groups is 2. The standard InChI is InChI=1S/C4H2Cl2O3/c5-3(7)1-2(9-1)4(6)8/h1-2H/t1-,2?/m0/s1. The van der Waals surface area contributed by atoms with Crippen molar-refractivity contribution in [2.24, 2.45) is 0 Å². The molecule has 0 bridgehead atoms. The molecule has 0 radical (unpaired) electrons. The van der Waals surface area contributed by atoms with E-state index in [1.807, 2.05) is 0 Å². The maximum absolute atomic E-state index is 10.2. The third-order valence-electron chi connectivity index (χ3n) is 0.939. The van der Waals surface area contributed by atoms with E-state index in [0.29, 0.717) is 0 Å². The van der Waals surface area contributed by atoms with Gasteiger partial charge >= 0.3 is 0 Å². The topological polar surface area (TPSA) is 46.7 Å². The predicted molar refractivity (Wildman–Crippen MR) is 30.4 cm³/mol. The molecule has 9 heavy (non-hydrogen) atoms. The van der Waals surface area contributed by atoms with Gasteiger partial charge in [0.15, 0.2) is 12.2 Å². The minimum absolute atomic E-state index is 0.672. The molecule has 0 N–H and O–H groups in total. The Morgan fingerprint density at radius 1 is 1.11 bits per heavy atom. The van der Waals surface area contributed by atoms with Crippen molar-refractivity contribution < 1.29 is 14.3 Å². The molecule has 50 valence electrons. The van der Waals surface area contributed by atoms with Crippen LogP contribution in [0.3, 0.4) is 0 Å². The van der Waals surface area contributed by atoms with Gasteiger partial charge in [0.1, 0.15) is 0 Å². The van der Waals surface area contributed by atoms with Crippen LogP contribution >= 0.6 is 23.2 Å². The Labute approximate surface area is 60.9 Å². The fourth-order valence-corrected chi connectivity index (χ4v) is 0.789. The molecular formula is C4H2Cl2O3. The molecule has 1 saturated heterocycles. The van der Waals surface area contributed by atoms with Gasteiger partial charge in [0.2, 0.25) is 0 Å². The molecule has 1 heterocycles. The summed E-state index contributed by atoms with van der Waals surface area (Å²) in [6.45, 7) is 0. The Kier molecular flexibility index (Phi) is 1.75. The molecule has 1 fully saturated rings. The van der Waals surface area contributed by atoms with Crippen molar-refractivity contribution in [1.82, 2.24) is 0 Å². The van der Waals surface area contributed by atoms with Crippen LogP contribution < -0.4 is 0 Å². The summed E-state index contributed by atoms with van der Waals surface area (Å²) in [5, 5.41) is -1.34. The molecule has 0 aromatic heterocycles. The van der Waals surface area contributed by atoms with E-state index in [4.69, 9.17) is 23.2 Å². The maximum Gasteiger partial charge on any atom is 0.253 e. The number of rotatable bonds is 2. The first-order valence-electron chi connectivity index (χ1n) is 2.17.